The molecule has 0 spiro atoms. The summed E-state index contributed by atoms with van der Waals surface area (Å²) in [6.07, 6.45) is -2.22. The fourth-order valence-corrected chi connectivity index (χ4v) is 1.79. The molecule has 1 unspecified atom stereocenters. The molecule has 0 saturated heterocycles. The van der Waals surface area contributed by atoms with Crippen LogP contribution in [0.25, 0.3) is 0 Å². The van der Waals surface area contributed by atoms with Crippen LogP contribution in [0.15, 0.2) is 24.3 Å². The van der Waals surface area contributed by atoms with Gasteiger partial charge in [0.05, 0.1) is 5.56 Å². The Hall–Kier alpha value is -1.03. The van der Waals surface area contributed by atoms with Crippen molar-refractivity contribution in [3.63, 3.8) is 0 Å². The zero-order chi connectivity index (χ0) is 13.6. The minimum atomic E-state index is -4.25. The van der Waals surface area contributed by atoms with Crippen LogP contribution in [0.3, 0.4) is 0 Å². The minimum Gasteiger partial charge on any atom is -0.317 e. The molecule has 1 aromatic rings. The predicted molar refractivity (Wildman–Crippen MR) is 67.6 cm³/mol. The van der Waals surface area contributed by atoms with Gasteiger partial charge in [-0.3, -0.25) is 0 Å². The van der Waals surface area contributed by atoms with E-state index in [1.165, 1.54) is 0 Å². The van der Waals surface area contributed by atoms with Crippen LogP contribution in [0.2, 0.25) is 0 Å². The predicted octanol–water partition coefficient (Wildman–Crippen LogP) is 4.20. The molecule has 4 heteroatoms. The van der Waals surface area contributed by atoms with Crippen molar-refractivity contribution in [2.45, 2.75) is 38.8 Å². The molecule has 0 aliphatic heterocycles. The van der Waals surface area contributed by atoms with E-state index in [4.69, 9.17) is 0 Å². The van der Waals surface area contributed by atoms with E-state index in [9.17, 15) is 13.2 Å². The van der Waals surface area contributed by atoms with E-state index in [-0.39, 0.29) is 5.92 Å². The lowest BCUT2D eigenvalue weighted by atomic mass is 9.96. The first kappa shape index (κ1) is 15.0. The second-order valence-electron chi connectivity index (χ2n) is 4.56. The van der Waals surface area contributed by atoms with Gasteiger partial charge in [-0.15, -0.1) is 0 Å². The van der Waals surface area contributed by atoms with Gasteiger partial charge < -0.3 is 5.32 Å². The molecule has 102 valence electrons. The molecule has 0 aromatic heterocycles. The largest absolute Gasteiger partial charge is 0.416 e. The minimum absolute atomic E-state index is 0.275. The molecule has 18 heavy (non-hydrogen) atoms. The van der Waals surface area contributed by atoms with E-state index < -0.39 is 11.7 Å². The number of hydrogen-bond acceptors (Lipinski definition) is 1. The SMILES string of the molecule is CCCNCCC(C)c1ccc(C(F)(F)F)cc1. The molecular weight excluding hydrogens is 239 g/mol. The first-order valence-electron chi connectivity index (χ1n) is 6.33. The summed E-state index contributed by atoms with van der Waals surface area (Å²) >= 11 is 0. The van der Waals surface area contributed by atoms with Crippen LogP contribution in [0.5, 0.6) is 0 Å². The molecular formula is C14H20F3N. The van der Waals surface area contributed by atoms with E-state index in [2.05, 4.69) is 12.2 Å². The van der Waals surface area contributed by atoms with Gasteiger partial charge in [-0.1, -0.05) is 26.0 Å². The Morgan fingerprint density at radius 1 is 1.11 bits per heavy atom. The molecule has 0 heterocycles. The van der Waals surface area contributed by atoms with Crippen molar-refractivity contribution in [2.75, 3.05) is 13.1 Å². The molecule has 0 amide bonds. The van der Waals surface area contributed by atoms with Gasteiger partial charge in [0.15, 0.2) is 0 Å². The van der Waals surface area contributed by atoms with Gasteiger partial charge in [0, 0.05) is 0 Å². The zero-order valence-electron chi connectivity index (χ0n) is 10.8. The van der Waals surface area contributed by atoms with Crippen molar-refractivity contribution in [1.82, 2.24) is 5.32 Å². The molecule has 0 saturated carbocycles. The molecule has 1 rings (SSSR count). The summed E-state index contributed by atoms with van der Waals surface area (Å²) in [7, 11) is 0. The number of halogens is 3. The van der Waals surface area contributed by atoms with Crippen LogP contribution in [0.1, 0.15) is 43.7 Å². The van der Waals surface area contributed by atoms with Gasteiger partial charge in [0.2, 0.25) is 0 Å². The summed E-state index contributed by atoms with van der Waals surface area (Å²) in [5.74, 6) is 0.275. The maximum Gasteiger partial charge on any atom is 0.416 e. The lowest BCUT2D eigenvalue weighted by Gasteiger charge is -2.13. The molecule has 1 nitrogen and oxygen atoms in total. The summed E-state index contributed by atoms with van der Waals surface area (Å²) in [4.78, 5) is 0. The van der Waals surface area contributed by atoms with Crippen molar-refractivity contribution < 1.29 is 13.2 Å². The average Bonchev–Trinajstić information content (AvgIpc) is 2.33. The highest BCUT2D eigenvalue weighted by Crippen LogP contribution is 2.30. The van der Waals surface area contributed by atoms with Crippen LogP contribution in [-0.4, -0.2) is 13.1 Å². The number of alkyl halides is 3. The zero-order valence-corrected chi connectivity index (χ0v) is 10.8. The Kier molecular flexibility index (Phi) is 5.66. The van der Waals surface area contributed by atoms with Crippen molar-refractivity contribution in [3.8, 4) is 0 Å². The Balaban J connectivity index is 2.51. The quantitative estimate of drug-likeness (QED) is 0.755. The van der Waals surface area contributed by atoms with Crippen LogP contribution < -0.4 is 5.32 Å². The van der Waals surface area contributed by atoms with Gasteiger partial charge in [-0.05, 0) is 49.5 Å². The molecule has 1 N–H and O–H groups in total. The van der Waals surface area contributed by atoms with E-state index in [0.29, 0.717) is 0 Å². The van der Waals surface area contributed by atoms with Crippen molar-refractivity contribution >= 4 is 0 Å². The first-order chi connectivity index (χ1) is 8.45. The van der Waals surface area contributed by atoms with Crippen molar-refractivity contribution in [1.29, 1.82) is 0 Å². The summed E-state index contributed by atoms with van der Waals surface area (Å²) in [5, 5.41) is 3.29. The standard InChI is InChI=1S/C14H20F3N/c1-3-9-18-10-8-11(2)12-4-6-13(7-5-12)14(15,16)17/h4-7,11,18H,3,8-10H2,1-2H3. The number of benzene rings is 1. The summed E-state index contributed by atoms with van der Waals surface area (Å²) < 4.78 is 37.2. The van der Waals surface area contributed by atoms with Crippen LogP contribution >= 0.6 is 0 Å². The summed E-state index contributed by atoms with van der Waals surface area (Å²) in [6, 6.07) is 5.47. The van der Waals surface area contributed by atoms with E-state index >= 15 is 0 Å². The second kappa shape index (κ2) is 6.78. The maximum absolute atomic E-state index is 12.4. The topological polar surface area (TPSA) is 12.0 Å². The number of hydrogen-bond donors (Lipinski definition) is 1. The van der Waals surface area contributed by atoms with E-state index in [0.717, 1.165) is 43.6 Å². The van der Waals surface area contributed by atoms with Crippen molar-refractivity contribution in [3.05, 3.63) is 35.4 Å². The monoisotopic (exact) mass is 259 g/mol. The third kappa shape index (κ3) is 4.69. The molecule has 1 aromatic carbocycles. The highest BCUT2D eigenvalue weighted by Gasteiger charge is 2.30. The lowest BCUT2D eigenvalue weighted by Crippen LogP contribution is -2.17. The third-order valence-electron chi connectivity index (χ3n) is 2.99. The molecule has 1 atom stereocenters. The van der Waals surface area contributed by atoms with Gasteiger partial charge in [0.25, 0.3) is 0 Å². The normalized spacial score (nSPS) is 13.6. The van der Waals surface area contributed by atoms with Gasteiger partial charge in [0.1, 0.15) is 0 Å². The van der Waals surface area contributed by atoms with E-state index in [1.807, 2.05) is 6.92 Å². The fraction of sp³-hybridized carbons (Fsp3) is 0.571. The number of nitrogens with one attached hydrogen (secondary N) is 1. The molecule has 0 bridgehead atoms. The van der Waals surface area contributed by atoms with Crippen LogP contribution in [-0.2, 0) is 6.18 Å². The Morgan fingerprint density at radius 3 is 2.22 bits per heavy atom. The second-order valence-corrected chi connectivity index (χ2v) is 4.56. The Morgan fingerprint density at radius 2 is 1.72 bits per heavy atom. The van der Waals surface area contributed by atoms with Gasteiger partial charge >= 0.3 is 6.18 Å². The van der Waals surface area contributed by atoms with Crippen molar-refractivity contribution in [2.24, 2.45) is 0 Å². The lowest BCUT2D eigenvalue weighted by molar-refractivity contribution is -0.137. The summed E-state index contributed by atoms with van der Waals surface area (Å²) in [5.41, 5.74) is 0.379. The highest BCUT2D eigenvalue weighted by molar-refractivity contribution is 5.26. The van der Waals surface area contributed by atoms with Crippen LogP contribution in [0, 0.1) is 0 Å². The summed E-state index contributed by atoms with van der Waals surface area (Å²) in [6.45, 7) is 6.03. The number of rotatable bonds is 6. The molecule has 0 aliphatic carbocycles. The fourth-order valence-electron chi connectivity index (χ4n) is 1.79. The van der Waals surface area contributed by atoms with E-state index in [1.54, 1.807) is 12.1 Å². The maximum atomic E-state index is 12.4. The Bertz CT molecular complexity index is 343. The third-order valence-corrected chi connectivity index (χ3v) is 2.99. The van der Waals surface area contributed by atoms with Crippen LogP contribution in [0.4, 0.5) is 13.2 Å². The van der Waals surface area contributed by atoms with Gasteiger partial charge in [-0.25, -0.2) is 0 Å². The molecule has 0 aliphatic rings. The molecule has 0 radical (unpaired) electrons. The highest BCUT2D eigenvalue weighted by atomic mass is 19.4. The van der Waals surface area contributed by atoms with Gasteiger partial charge in [-0.2, -0.15) is 13.2 Å². The smallest absolute Gasteiger partial charge is 0.317 e. The Labute approximate surface area is 106 Å². The average molecular weight is 259 g/mol. The molecule has 0 fully saturated rings. The first-order valence-corrected chi connectivity index (χ1v) is 6.33.